The van der Waals surface area contributed by atoms with Gasteiger partial charge in [-0.15, -0.1) is 0 Å². The van der Waals surface area contributed by atoms with Crippen molar-refractivity contribution >= 4 is 20.4 Å². The molecule has 50 valence electrons. The largest absolute Gasteiger partial charge is 0.383 e. The summed E-state index contributed by atoms with van der Waals surface area (Å²) in [6.45, 7) is 1.93. The van der Waals surface area contributed by atoms with E-state index in [-0.39, 0.29) is 0 Å². The van der Waals surface area contributed by atoms with Crippen molar-refractivity contribution in [1.29, 1.82) is 0 Å². The molecule has 3 nitrogen and oxygen atoms in total. The Bertz CT molecular complexity index is 206. The van der Waals surface area contributed by atoms with Crippen LogP contribution >= 0.6 is 9.24 Å². The van der Waals surface area contributed by atoms with E-state index in [2.05, 4.69) is 14.3 Å². The van der Waals surface area contributed by atoms with Gasteiger partial charge in [0.1, 0.15) is 5.82 Å². The molecule has 0 amide bonds. The van der Waals surface area contributed by atoms with Gasteiger partial charge in [-0.25, -0.2) is 0 Å². The number of aromatic nitrogens is 2. The van der Waals surface area contributed by atoms with Crippen LogP contribution in [0.3, 0.4) is 0 Å². The molecule has 2 N–H and O–H groups in total. The summed E-state index contributed by atoms with van der Waals surface area (Å²) in [5, 5.41) is 5.08. The predicted octanol–water partition coefficient (Wildman–Crippen LogP) is -0.189. The first kappa shape index (κ1) is 6.56. The fraction of sp³-hybridized carbons (Fsp3) is 0.400. The zero-order chi connectivity index (χ0) is 7.02. The highest BCUT2D eigenvalue weighted by Gasteiger charge is 2.02. The van der Waals surface area contributed by atoms with Gasteiger partial charge < -0.3 is 5.73 Å². The summed E-state index contributed by atoms with van der Waals surface area (Å²) in [4.78, 5) is 0. The zero-order valence-electron chi connectivity index (χ0n) is 5.55. The van der Waals surface area contributed by atoms with Crippen molar-refractivity contribution in [3.8, 4) is 0 Å². The highest BCUT2D eigenvalue weighted by Crippen LogP contribution is 2.03. The van der Waals surface area contributed by atoms with Gasteiger partial charge in [0.2, 0.25) is 0 Å². The van der Waals surface area contributed by atoms with Crippen molar-refractivity contribution in [2.24, 2.45) is 7.05 Å². The molecule has 1 unspecified atom stereocenters. The second kappa shape index (κ2) is 1.99. The first-order valence-electron chi connectivity index (χ1n) is 2.67. The quantitative estimate of drug-likeness (QED) is 0.511. The molecule has 0 aliphatic heterocycles. The number of anilines is 1. The number of nitrogen functional groups attached to an aromatic ring is 1. The molecule has 0 fully saturated rings. The van der Waals surface area contributed by atoms with Crippen LogP contribution in [0.5, 0.6) is 0 Å². The molecule has 1 atom stereocenters. The minimum Gasteiger partial charge on any atom is -0.383 e. The lowest BCUT2D eigenvalue weighted by molar-refractivity contribution is 0.767. The van der Waals surface area contributed by atoms with Crippen LogP contribution < -0.4 is 11.0 Å². The first-order valence-corrected chi connectivity index (χ1v) is 3.25. The summed E-state index contributed by atoms with van der Waals surface area (Å²) in [5.74, 6) is 0.720. The van der Waals surface area contributed by atoms with E-state index in [1.165, 1.54) is 0 Å². The molecule has 1 rings (SSSR count). The van der Waals surface area contributed by atoms with Crippen LogP contribution in [0, 0.1) is 6.92 Å². The smallest absolute Gasteiger partial charge is 0.128 e. The Labute approximate surface area is 56.4 Å². The van der Waals surface area contributed by atoms with Gasteiger partial charge in [0.05, 0.1) is 5.69 Å². The molecular weight excluding hydrogens is 133 g/mol. The van der Waals surface area contributed by atoms with E-state index in [0.717, 1.165) is 16.8 Å². The Morgan fingerprint density at radius 2 is 2.22 bits per heavy atom. The van der Waals surface area contributed by atoms with Gasteiger partial charge in [-0.2, -0.15) is 5.10 Å². The topological polar surface area (TPSA) is 43.8 Å². The molecular formula is C5H10N3P. The average molecular weight is 143 g/mol. The fourth-order valence-corrected chi connectivity index (χ4v) is 0.937. The Hall–Kier alpha value is -0.560. The number of aryl methyl sites for hydroxylation is 2. The summed E-state index contributed by atoms with van der Waals surface area (Å²) >= 11 is 0. The summed E-state index contributed by atoms with van der Waals surface area (Å²) in [6.07, 6.45) is 0. The van der Waals surface area contributed by atoms with E-state index in [0.29, 0.717) is 0 Å². The summed E-state index contributed by atoms with van der Waals surface area (Å²) < 4.78 is 1.66. The molecule has 0 saturated heterocycles. The van der Waals surface area contributed by atoms with Crippen molar-refractivity contribution < 1.29 is 0 Å². The molecule has 0 spiro atoms. The van der Waals surface area contributed by atoms with Crippen LogP contribution in [0.15, 0.2) is 0 Å². The lowest BCUT2D eigenvalue weighted by Gasteiger charge is -1.90. The van der Waals surface area contributed by atoms with Crippen LogP contribution in [0.4, 0.5) is 5.82 Å². The van der Waals surface area contributed by atoms with Gasteiger partial charge in [-0.05, 0) is 6.92 Å². The maximum Gasteiger partial charge on any atom is 0.128 e. The SMILES string of the molecule is Cc1nn(C)c(N)c1P. The van der Waals surface area contributed by atoms with Gasteiger partial charge >= 0.3 is 0 Å². The Kier molecular flexibility index (Phi) is 1.45. The van der Waals surface area contributed by atoms with Gasteiger partial charge in [-0.1, -0.05) is 9.24 Å². The molecule has 4 heteroatoms. The monoisotopic (exact) mass is 143 g/mol. The molecule has 0 aliphatic carbocycles. The molecule has 0 bridgehead atoms. The number of rotatable bonds is 0. The third-order valence-corrected chi connectivity index (χ3v) is 2.03. The van der Waals surface area contributed by atoms with Crippen molar-refractivity contribution in [1.82, 2.24) is 9.78 Å². The van der Waals surface area contributed by atoms with Crippen LogP contribution in [0.25, 0.3) is 0 Å². The molecule has 0 aliphatic rings. The minimum absolute atomic E-state index is 0.720. The van der Waals surface area contributed by atoms with E-state index in [9.17, 15) is 0 Å². The lowest BCUT2D eigenvalue weighted by atomic mass is 10.5. The average Bonchev–Trinajstić information content (AvgIpc) is 1.98. The summed E-state index contributed by atoms with van der Waals surface area (Å²) in [7, 11) is 4.39. The van der Waals surface area contributed by atoms with Gasteiger partial charge in [0.25, 0.3) is 0 Å². The summed E-state index contributed by atoms with van der Waals surface area (Å²) in [6, 6.07) is 0. The molecule has 0 saturated carbocycles. The Balaban J connectivity index is 3.29. The third kappa shape index (κ3) is 0.924. The maximum atomic E-state index is 5.58. The first-order chi connectivity index (χ1) is 4.13. The minimum atomic E-state index is 0.720. The standard InChI is InChI=1S/C5H10N3P/c1-3-4(9)5(6)8(2)7-3/h6,9H2,1-2H3. The summed E-state index contributed by atoms with van der Waals surface area (Å²) in [5.41, 5.74) is 6.55. The normalized spacial score (nSPS) is 10.1. The van der Waals surface area contributed by atoms with Crippen LogP contribution in [0.1, 0.15) is 5.69 Å². The Morgan fingerprint density at radius 3 is 2.33 bits per heavy atom. The molecule has 0 radical (unpaired) electrons. The van der Waals surface area contributed by atoms with Gasteiger partial charge in [0.15, 0.2) is 0 Å². The van der Waals surface area contributed by atoms with Crippen LogP contribution in [-0.4, -0.2) is 9.78 Å². The van der Waals surface area contributed by atoms with E-state index >= 15 is 0 Å². The van der Waals surface area contributed by atoms with E-state index < -0.39 is 0 Å². The van der Waals surface area contributed by atoms with E-state index in [4.69, 9.17) is 5.73 Å². The Morgan fingerprint density at radius 1 is 1.67 bits per heavy atom. The molecule has 1 aromatic rings. The molecule has 1 aromatic heterocycles. The lowest BCUT2D eigenvalue weighted by Crippen LogP contribution is -2.03. The second-order valence-electron chi connectivity index (χ2n) is 2.01. The van der Waals surface area contributed by atoms with Crippen LogP contribution in [-0.2, 0) is 7.05 Å². The predicted molar refractivity (Wildman–Crippen MR) is 41.7 cm³/mol. The van der Waals surface area contributed by atoms with Crippen LogP contribution in [0.2, 0.25) is 0 Å². The van der Waals surface area contributed by atoms with Gasteiger partial charge in [0, 0.05) is 12.4 Å². The van der Waals surface area contributed by atoms with E-state index in [1.807, 2.05) is 14.0 Å². The molecule has 1 heterocycles. The molecule has 0 aromatic carbocycles. The van der Waals surface area contributed by atoms with Crippen molar-refractivity contribution in [2.45, 2.75) is 6.92 Å². The van der Waals surface area contributed by atoms with Gasteiger partial charge in [-0.3, -0.25) is 4.68 Å². The van der Waals surface area contributed by atoms with Crippen molar-refractivity contribution in [2.75, 3.05) is 5.73 Å². The number of hydrogen-bond acceptors (Lipinski definition) is 2. The third-order valence-electron chi connectivity index (χ3n) is 1.31. The highest BCUT2D eigenvalue weighted by atomic mass is 31.0. The second-order valence-corrected chi connectivity index (χ2v) is 2.59. The fourth-order valence-electron chi connectivity index (χ4n) is 0.692. The molecule has 9 heavy (non-hydrogen) atoms. The zero-order valence-corrected chi connectivity index (χ0v) is 6.70. The van der Waals surface area contributed by atoms with Crippen molar-refractivity contribution in [3.05, 3.63) is 5.69 Å². The maximum absolute atomic E-state index is 5.58. The highest BCUT2D eigenvalue weighted by molar-refractivity contribution is 7.28. The number of nitrogens with zero attached hydrogens (tertiary/aromatic N) is 2. The van der Waals surface area contributed by atoms with E-state index in [1.54, 1.807) is 4.68 Å². The van der Waals surface area contributed by atoms with Crippen molar-refractivity contribution in [3.63, 3.8) is 0 Å². The number of nitrogens with two attached hydrogens (primary N) is 1. The number of hydrogen-bond donors (Lipinski definition) is 1.